The summed E-state index contributed by atoms with van der Waals surface area (Å²) in [5, 5.41) is 2.00. The van der Waals surface area contributed by atoms with Crippen LogP contribution in [0.4, 0.5) is 4.39 Å². The van der Waals surface area contributed by atoms with Gasteiger partial charge in [0.05, 0.1) is 19.2 Å². The van der Waals surface area contributed by atoms with E-state index < -0.39 is 0 Å². The van der Waals surface area contributed by atoms with Crippen LogP contribution in [0.2, 0.25) is 0 Å². The molecule has 2 amide bonds. The molecule has 8 heteroatoms. The topological polar surface area (TPSA) is 59.1 Å². The molecule has 36 heavy (non-hydrogen) atoms. The number of hydrogen-bond acceptors (Lipinski definition) is 5. The van der Waals surface area contributed by atoms with E-state index in [0.29, 0.717) is 32.0 Å². The van der Waals surface area contributed by atoms with Crippen LogP contribution in [-0.2, 0) is 27.4 Å². The molecule has 0 aliphatic carbocycles. The fourth-order valence-electron chi connectivity index (χ4n) is 4.09. The normalized spacial score (nSPS) is 15.0. The van der Waals surface area contributed by atoms with Gasteiger partial charge in [0.2, 0.25) is 5.91 Å². The lowest BCUT2D eigenvalue weighted by molar-refractivity contribution is -0.143. The van der Waals surface area contributed by atoms with Gasteiger partial charge in [0.15, 0.2) is 6.61 Å². The standard InChI is InChI=1S/C28H31FN2O4S/c1-21-13-15-36-26(21)18-30(16-22-9-11-23(29)12-10-22)27(32)19-31(17-25-8-5-14-34-25)28(33)20-35-24-6-3-2-4-7-24/h2-4,6-7,9-13,15,25H,5,8,14,16-20H2,1H3. The summed E-state index contributed by atoms with van der Waals surface area (Å²) in [6.07, 6.45) is 1.70. The molecule has 4 rings (SSSR count). The van der Waals surface area contributed by atoms with Crippen LogP contribution in [0.3, 0.4) is 0 Å². The van der Waals surface area contributed by atoms with Crippen molar-refractivity contribution in [3.05, 3.63) is 87.9 Å². The second kappa shape index (κ2) is 12.6. The molecule has 3 aromatic rings. The van der Waals surface area contributed by atoms with Gasteiger partial charge >= 0.3 is 0 Å². The molecule has 2 heterocycles. The number of ether oxygens (including phenoxy) is 2. The summed E-state index contributed by atoms with van der Waals surface area (Å²) >= 11 is 1.59. The molecule has 1 aliphatic rings. The summed E-state index contributed by atoms with van der Waals surface area (Å²) in [7, 11) is 0. The number of nitrogens with zero attached hydrogens (tertiary/aromatic N) is 2. The predicted molar refractivity (Wildman–Crippen MR) is 137 cm³/mol. The average molecular weight is 511 g/mol. The Hall–Kier alpha value is -3.23. The molecule has 1 aromatic heterocycles. The third-order valence-corrected chi connectivity index (χ3v) is 7.18. The number of carbonyl (C=O) groups is 2. The van der Waals surface area contributed by atoms with Crippen LogP contribution in [0.5, 0.6) is 5.75 Å². The van der Waals surface area contributed by atoms with E-state index in [-0.39, 0.29) is 36.9 Å². The maximum atomic E-state index is 13.6. The highest BCUT2D eigenvalue weighted by molar-refractivity contribution is 7.10. The van der Waals surface area contributed by atoms with Gasteiger partial charge in [0.25, 0.3) is 5.91 Å². The van der Waals surface area contributed by atoms with E-state index in [4.69, 9.17) is 9.47 Å². The van der Waals surface area contributed by atoms with Crippen molar-refractivity contribution < 1.29 is 23.5 Å². The minimum atomic E-state index is -0.322. The van der Waals surface area contributed by atoms with Crippen molar-refractivity contribution in [2.75, 3.05) is 26.3 Å². The first-order valence-electron chi connectivity index (χ1n) is 12.1. The van der Waals surface area contributed by atoms with Crippen LogP contribution in [0, 0.1) is 12.7 Å². The number of thiophene rings is 1. The van der Waals surface area contributed by atoms with Crippen molar-refractivity contribution in [1.82, 2.24) is 9.80 Å². The SMILES string of the molecule is Cc1ccsc1CN(Cc1ccc(F)cc1)C(=O)CN(CC1CCCO1)C(=O)COc1ccccc1. The molecule has 0 radical (unpaired) electrons. The monoisotopic (exact) mass is 510 g/mol. The summed E-state index contributed by atoms with van der Waals surface area (Å²) in [5.74, 6) is -0.173. The van der Waals surface area contributed by atoms with E-state index in [1.54, 1.807) is 45.4 Å². The Labute approximate surface area is 215 Å². The Morgan fingerprint density at radius 1 is 1.03 bits per heavy atom. The van der Waals surface area contributed by atoms with Gasteiger partial charge in [0, 0.05) is 24.6 Å². The van der Waals surface area contributed by atoms with Crippen LogP contribution < -0.4 is 4.74 Å². The van der Waals surface area contributed by atoms with E-state index in [9.17, 15) is 14.0 Å². The van der Waals surface area contributed by atoms with Crippen LogP contribution in [0.15, 0.2) is 66.0 Å². The molecule has 1 atom stereocenters. The number of rotatable bonds is 11. The van der Waals surface area contributed by atoms with Crippen LogP contribution in [-0.4, -0.2) is 54.0 Å². The summed E-state index contributed by atoms with van der Waals surface area (Å²) in [6, 6.07) is 17.3. The largest absolute Gasteiger partial charge is 0.484 e. The Kier molecular flexibility index (Phi) is 9.08. The van der Waals surface area contributed by atoms with Crippen LogP contribution in [0.1, 0.15) is 28.8 Å². The molecule has 0 spiro atoms. The Morgan fingerprint density at radius 2 is 1.81 bits per heavy atom. The second-order valence-electron chi connectivity index (χ2n) is 8.91. The zero-order chi connectivity index (χ0) is 25.3. The predicted octanol–water partition coefficient (Wildman–Crippen LogP) is 4.81. The van der Waals surface area contributed by atoms with E-state index in [2.05, 4.69) is 0 Å². The fraction of sp³-hybridized carbons (Fsp3) is 0.357. The zero-order valence-corrected chi connectivity index (χ0v) is 21.2. The maximum Gasteiger partial charge on any atom is 0.261 e. The van der Waals surface area contributed by atoms with Crippen LogP contribution >= 0.6 is 11.3 Å². The van der Waals surface area contributed by atoms with E-state index >= 15 is 0 Å². The number of hydrogen-bond donors (Lipinski definition) is 0. The Balaban J connectivity index is 1.48. The van der Waals surface area contributed by atoms with Crippen molar-refractivity contribution in [3.63, 3.8) is 0 Å². The fourth-order valence-corrected chi connectivity index (χ4v) is 5.01. The highest BCUT2D eigenvalue weighted by Crippen LogP contribution is 2.21. The zero-order valence-electron chi connectivity index (χ0n) is 20.4. The summed E-state index contributed by atoms with van der Waals surface area (Å²) in [4.78, 5) is 31.1. The minimum Gasteiger partial charge on any atom is -0.484 e. The molecule has 0 saturated carbocycles. The summed E-state index contributed by atoms with van der Waals surface area (Å²) < 4.78 is 24.9. The Morgan fingerprint density at radius 3 is 2.47 bits per heavy atom. The van der Waals surface area contributed by atoms with Crippen molar-refractivity contribution in [2.45, 2.75) is 39.0 Å². The number of para-hydroxylation sites is 1. The highest BCUT2D eigenvalue weighted by atomic mass is 32.1. The lowest BCUT2D eigenvalue weighted by atomic mass is 10.2. The molecular weight excluding hydrogens is 479 g/mol. The van der Waals surface area contributed by atoms with E-state index in [1.165, 1.54) is 12.1 Å². The molecule has 2 aromatic carbocycles. The first-order chi connectivity index (χ1) is 17.5. The summed E-state index contributed by atoms with van der Waals surface area (Å²) in [6.45, 7) is 3.51. The lowest BCUT2D eigenvalue weighted by Crippen LogP contribution is -2.46. The number of halogens is 1. The third-order valence-electron chi connectivity index (χ3n) is 6.17. The second-order valence-corrected chi connectivity index (χ2v) is 9.91. The quantitative estimate of drug-likeness (QED) is 0.372. The smallest absolute Gasteiger partial charge is 0.261 e. The van der Waals surface area contributed by atoms with Gasteiger partial charge in [0.1, 0.15) is 11.6 Å². The van der Waals surface area contributed by atoms with E-state index in [1.807, 2.05) is 36.6 Å². The molecule has 1 aliphatic heterocycles. The lowest BCUT2D eigenvalue weighted by Gasteiger charge is -2.29. The van der Waals surface area contributed by atoms with Crippen molar-refractivity contribution in [3.8, 4) is 5.75 Å². The summed E-state index contributed by atoms with van der Waals surface area (Å²) in [5.41, 5.74) is 1.93. The first-order valence-corrected chi connectivity index (χ1v) is 13.0. The van der Waals surface area contributed by atoms with Gasteiger partial charge in [-0.05, 0) is 66.6 Å². The molecular formula is C28H31FN2O4S. The Bertz CT molecular complexity index is 1130. The molecule has 0 bridgehead atoms. The van der Waals surface area contributed by atoms with Crippen molar-refractivity contribution in [1.29, 1.82) is 0 Å². The van der Waals surface area contributed by atoms with Crippen LogP contribution in [0.25, 0.3) is 0 Å². The van der Waals surface area contributed by atoms with Gasteiger partial charge in [-0.2, -0.15) is 0 Å². The van der Waals surface area contributed by atoms with Gasteiger partial charge in [-0.15, -0.1) is 11.3 Å². The molecule has 1 saturated heterocycles. The number of aryl methyl sites for hydroxylation is 1. The van der Waals surface area contributed by atoms with E-state index in [0.717, 1.165) is 28.8 Å². The maximum absolute atomic E-state index is 13.6. The molecule has 6 nitrogen and oxygen atoms in total. The van der Waals surface area contributed by atoms with Gasteiger partial charge < -0.3 is 19.3 Å². The first kappa shape index (κ1) is 25.9. The number of benzene rings is 2. The van der Waals surface area contributed by atoms with Crippen molar-refractivity contribution in [2.24, 2.45) is 0 Å². The third kappa shape index (κ3) is 7.38. The van der Waals surface area contributed by atoms with Crippen molar-refractivity contribution >= 4 is 23.2 Å². The minimum absolute atomic E-state index is 0.0809. The van der Waals surface area contributed by atoms with Gasteiger partial charge in [-0.3, -0.25) is 9.59 Å². The molecule has 1 fully saturated rings. The van der Waals surface area contributed by atoms with Gasteiger partial charge in [-0.1, -0.05) is 30.3 Å². The highest BCUT2D eigenvalue weighted by Gasteiger charge is 2.27. The average Bonchev–Trinajstić information content (AvgIpc) is 3.55. The number of amides is 2. The molecule has 190 valence electrons. The molecule has 1 unspecified atom stereocenters. The molecule has 0 N–H and O–H groups in total. The van der Waals surface area contributed by atoms with Gasteiger partial charge in [-0.25, -0.2) is 4.39 Å². The number of carbonyl (C=O) groups excluding carboxylic acids is 2.